The normalized spacial score (nSPS) is 16.8. The molecule has 1 N–H and O–H groups in total. The summed E-state index contributed by atoms with van der Waals surface area (Å²) in [6.45, 7) is 4.55. The van der Waals surface area contributed by atoms with Crippen LogP contribution in [0.15, 0.2) is 53.6 Å². The Balaban J connectivity index is 1.59. The van der Waals surface area contributed by atoms with Crippen molar-refractivity contribution in [3.05, 3.63) is 70.2 Å². The van der Waals surface area contributed by atoms with Gasteiger partial charge in [0.2, 0.25) is 10.0 Å². The number of hydrogen-bond acceptors (Lipinski definition) is 4. The van der Waals surface area contributed by atoms with E-state index in [1.807, 2.05) is 38.1 Å². The van der Waals surface area contributed by atoms with E-state index in [-0.39, 0.29) is 18.2 Å². The van der Waals surface area contributed by atoms with Crippen LogP contribution in [0.2, 0.25) is 5.02 Å². The molecule has 1 amide bonds. The van der Waals surface area contributed by atoms with E-state index in [1.54, 1.807) is 24.3 Å². The van der Waals surface area contributed by atoms with Crippen molar-refractivity contribution in [2.24, 2.45) is 11.0 Å². The Labute approximate surface area is 183 Å². The van der Waals surface area contributed by atoms with E-state index in [9.17, 15) is 13.2 Å². The van der Waals surface area contributed by atoms with Crippen LogP contribution in [0.1, 0.15) is 36.5 Å². The third kappa shape index (κ3) is 5.47. The maximum Gasteiger partial charge on any atom is 0.251 e. The van der Waals surface area contributed by atoms with Gasteiger partial charge in [-0.15, -0.1) is 0 Å². The smallest absolute Gasteiger partial charge is 0.251 e. The summed E-state index contributed by atoms with van der Waals surface area (Å²) in [4.78, 5) is 12.9. The summed E-state index contributed by atoms with van der Waals surface area (Å²) in [5.41, 5.74) is 3.49. The van der Waals surface area contributed by atoms with Gasteiger partial charge in [0.15, 0.2) is 0 Å². The first-order valence-electron chi connectivity index (χ1n) is 9.94. The Morgan fingerprint density at radius 3 is 2.43 bits per heavy atom. The first kappa shape index (κ1) is 22.5. The lowest BCUT2D eigenvalue weighted by Crippen LogP contribution is -2.32. The molecule has 0 unspecified atom stereocenters. The number of carbonyl (C=O) groups excluding carboxylic acids is 1. The van der Waals surface area contributed by atoms with Gasteiger partial charge in [0.25, 0.3) is 5.91 Å². The zero-order chi connectivity index (χ0) is 21.7. The van der Waals surface area contributed by atoms with Crippen molar-refractivity contribution in [2.45, 2.75) is 39.0 Å². The van der Waals surface area contributed by atoms with Gasteiger partial charge in [-0.1, -0.05) is 61.0 Å². The molecule has 0 saturated carbocycles. The summed E-state index contributed by atoms with van der Waals surface area (Å²) >= 11 is 6.06. The molecule has 1 aliphatic rings. The Bertz CT molecular complexity index is 1050. The molecule has 0 aromatic heterocycles. The number of nitrogens with zero attached hydrogens (tertiary/aromatic N) is 2. The fourth-order valence-corrected chi connectivity index (χ4v) is 4.97. The minimum Gasteiger partial charge on any atom is -0.272 e. The Kier molecular flexibility index (Phi) is 7.28. The number of rotatable bonds is 9. The van der Waals surface area contributed by atoms with Crippen LogP contribution in [0.4, 0.5) is 0 Å². The zero-order valence-corrected chi connectivity index (χ0v) is 18.7. The molecule has 0 spiro atoms. The Morgan fingerprint density at radius 1 is 1.10 bits per heavy atom. The molecule has 1 heterocycles. The molecule has 0 bridgehead atoms. The van der Waals surface area contributed by atoms with Crippen molar-refractivity contribution < 1.29 is 13.2 Å². The molecule has 0 saturated heterocycles. The van der Waals surface area contributed by atoms with Gasteiger partial charge in [0, 0.05) is 11.6 Å². The molecule has 0 aliphatic carbocycles. The van der Waals surface area contributed by atoms with Gasteiger partial charge in [-0.3, -0.25) is 4.79 Å². The lowest BCUT2D eigenvalue weighted by molar-refractivity contribution is -0.132. The van der Waals surface area contributed by atoms with Crippen molar-refractivity contribution in [3.63, 3.8) is 0 Å². The predicted molar refractivity (Wildman–Crippen MR) is 120 cm³/mol. The van der Waals surface area contributed by atoms with Gasteiger partial charge < -0.3 is 0 Å². The summed E-state index contributed by atoms with van der Waals surface area (Å²) in [5.74, 6) is -0.679. The molecule has 2 aromatic rings. The van der Waals surface area contributed by atoms with Gasteiger partial charge in [-0.25, -0.2) is 18.1 Å². The van der Waals surface area contributed by atoms with E-state index < -0.39 is 15.9 Å². The van der Waals surface area contributed by atoms with Crippen molar-refractivity contribution in [3.8, 4) is 0 Å². The highest BCUT2D eigenvalue weighted by atomic mass is 35.5. The fourth-order valence-electron chi connectivity index (χ4n) is 3.50. The Morgan fingerprint density at radius 2 is 1.77 bits per heavy atom. The monoisotopic (exact) mass is 447 g/mol. The molecule has 2 aromatic carbocycles. The third-order valence-corrected chi connectivity index (χ3v) is 6.91. The molecule has 8 heteroatoms. The molecular weight excluding hydrogens is 422 g/mol. The second-order valence-electron chi connectivity index (χ2n) is 7.35. The van der Waals surface area contributed by atoms with Crippen molar-refractivity contribution in [1.82, 2.24) is 9.73 Å². The molecule has 0 fully saturated rings. The van der Waals surface area contributed by atoms with E-state index in [2.05, 4.69) is 9.82 Å². The van der Waals surface area contributed by atoms with E-state index in [4.69, 9.17) is 11.6 Å². The second kappa shape index (κ2) is 9.73. The number of hydrogen-bond donors (Lipinski definition) is 1. The molecular formula is C22H26ClN3O3S. The van der Waals surface area contributed by atoms with Crippen LogP contribution in [0, 0.1) is 12.8 Å². The van der Waals surface area contributed by atoms with Crippen LogP contribution >= 0.6 is 11.6 Å². The van der Waals surface area contributed by atoms with Gasteiger partial charge in [-0.2, -0.15) is 5.10 Å². The molecule has 0 radical (unpaired) electrons. The first-order chi connectivity index (χ1) is 14.3. The number of hydrazone groups is 1. The fraction of sp³-hybridized carbons (Fsp3) is 0.364. The maximum atomic E-state index is 12.9. The standard InChI is InChI=1S/C22H26ClN3O3S/c1-3-21-19(22(27)26(25-21)14-17-9-5-4-8-16(17)2)12-13-24-30(28,29)15-18-10-6-7-11-20(18)23/h4-11,19,24H,3,12-15H2,1-2H3/t19-/m0/s1. The van der Waals surface area contributed by atoms with Gasteiger partial charge in [0.1, 0.15) is 0 Å². The third-order valence-electron chi connectivity index (χ3n) is 5.21. The average Bonchev–Trinajstić information content (AvgIpc) is 3.00. The summed E-state index contributed by atoms with van der Waals surface area (Å²) in [7, 11) is -3.56. The number of nitrogens with one attached hydrogen (secondary N) is 1. The largest absolute Gasteiger partial charge is 0.272 e. The predicted octanol–water partition coefficient (Wildman–Crippen LogP) is 3.88. The summed E-state index contributed by atoms with van der Waals surface area (Å²) < 4.78 is 27.4. The average molecular weight is 448 g/mol. The van der Waals surface area contributed by atoms with E-state index in [1.165, 1.54) is 5.01 Å². The lowest BCUT2D eigenvalue weighted by atomic mass is 9.97. The molecule has 3 rings (SSSR count). The summed E-state index contributed by atoms with van der Waals surface area (Å²) in [5, 5.41) is 6.43. The number of carbonyl (C=O) groups is 1. The summed E-state index contributed by atoms with van der Waals surface area (Å²) in [6.07, 6.45) is 1.02. The second-order valence-corrected chi connectivity index (χ2v) is 9.57. The highest BCUT2D eigenvalue weighted by molar-refractivity contribution is 7.88. The Hall–Kier alpha value is -2.22. The highest BCUT2D eigenvalue weighted by Crippen LogP contribution is 2.24. The molecule has 6 nitrogen and oxygen atoms in total. The topological polar surface area (TPSA) is 78.8 Å². The molecule has 1 atom stereocenters. The molecule has 1 aliphatic heterocycles. The van der Waals surface area contributed by atoms with Crippen molar-refractivity contribution in [1.29, 1.82) is 0 Å². The number of sulfonamides is 1. The van der Waals surface area contributed by atoms with Gasteiger partial charge in [-0.05, 0) is 42.5 Å². The van der Waals surface area contributed by atoms with E-state index in [0.717, 1.165) is 16.8 Å². The lowest BCUT2D eigenvalue weighted by Gasteiger charge is -2.16. The van der Waals surface area contributed by atoms with Crippen molar-refractivity contribution >= 4 is 33.2 Å². The quantitative estimate of drug-likeness (QED) is 0.633. The van der Waals surface area contributed by atoms with Crippen molar-refractivity contribution in [2.75, 3.05) is 6.54 Å². The summed E-state index contributed by atoms with van der Waals surface area (Å²) in [6, 6.07) is 14.8. The minimum atomic E-state index is -3.56. The van der Waals surface area contributed by atoms with Crippen LogP contribution < -0.4 is 4.72 Å². The van der Waals surface area contributed by atoms with Crippen LogP contribution in [0.25, 0.3) is 0 Å². The van der Waals surface area contributed by atoms with E-state index >= 15 is 0 Å². The van der Waals surface area contributed by atoms with Gasteiger partial charge >= 0.3 is 0 Å². The highest BCUT2D eigenvalue weighted by Gasteiger charge is 2.34. The minimum absolute atomic E-state index is 0.0830. The van der Waals surface area contributed by atoms with Crippen LogP contribution in [0.3, 0.4) is 0 Å². The van der Waals surface area contributed by atoms with Crippen LogP contribution in [-0.2, 0) is 27.1 Å². The number of halogens is 1. The number of amides is 1. The molecule has 30 heavy (non-hydrogen) atoms. The number of aryl methyl sites for hydroxylation is 1. The van der Waals surface area contributed by atoms with E-state index in [0.29, 0.717) is 30.0 Å². The zero-order valence-electron chi connectivity index (χ0n) is 17.1. The van der Waals surface area contributed by atoms with Crippen LogP contribution in [-0.4, -0.2) is 31.6 Å². The number of benzene rings is 2. The van der Waals surface area contributed by atoms with Gasteiger partial charge in [0.05, 0.1) is 23.9 Å². The van der Waals surface area contributed by atoms with Crippen LogP contribution in [0.5, 0.6) is 0 Å². The first-order valence-corrected chi connectivity index (χ1v) is 12.0. The maximum absolute atomic E-state index is 12.9. The SMILES string of the molecule is CCC1=NN(Cc2ccccc2C)C(=O)[C@H]1CCNS(=O)(=O)Cc1ccccc1Cl. The molecule has 160 valence electrons.